The van der Waals surface area contributed by atoms with Gasteiger partial charge in [-0.2, -0.15) is 12.8 Å². The van der Waals surface area contributed by atoms with Crippen LogP contribution in [-0.4, -0.2) is 20.8 Å². The molecule has 0 aromatic heterocycles. The van der Waals surface area contributed by atoms with Gasteiger partial charge in [0, 0.05) is 38.9 Å². The number of rotatable bonds is 41. The quantitative estimate of drug-likeness (QED) is 0.0274. The minimum atomic E-state index is -1.21. The SMILES string of the molecule is CCCCCCCCC1=C(c2cc(CCCCC)c(CC[Si](C)(C)C)c(CCCCC)c2)[N+](=[N-])C(c2cc(CCCCC)c(CC[Si](C)(C)C)c(CCCCC)c2)=C1.[CH2-]CCCCCCC.[CH2-]CCCCCCC.[Ni+2]. The molecular formula is C70H126N2NiSi2. The molecule has 0 bridgehead atoms. The van der Waals surface area contributed by atoms with Crippen molar-refractivity contribution in [1.82, 2.24) is 0 Å². The Morgan fingerprint density at radius 1 is 0.373 bits per heavy atom. The first-order valence-corrected chi connectivity index (χ1v) is 39.8. The molecule has 2 aromatic carbocycles. The molecule has 2 aromatic rings. The first-order valence-electron chi connectivity index (χ1n) is 32.4. The maximum absolute atomic E-state index is 12.7. The Kier molecular flexibility index (Phi) is 44.3. The van der Waals surface area contributed by atoms with Crippen molar-refractivity contribution in [2.45, 2.75) is 337 Å². The van der Waals surface area contributed by atoms with Crippen molar-refractivity contribution in [2.75, 3.05) is 0 Å². The van der Waals surface area contributed by atoms with Gasteiger partial charge in [0.2, 0.25) is 11.4 Å². The Morgan fingerprint density at radius 3 is 0.973 bits per heavy atom. The minimum Gasteiger partial charge on any atom is -0.493 e. The largest absolute Gasteiger partial charge is 2.00 e. The molecule has 1 heterocycles. The van der Waals surface area contributed by atoms with Gasteiger partial charge >= 0.3 is 16.5 Å². The summed E-state index contributed by atoms with van der Waals surface area (Å²) in [5.41, 5.74) is 28.1. The van der Waals surface area contributed by atoms with Crippen molar-refractivity contribution in [1.29, 1.82) is 0 Å². The molecule has 1 aliphatic heterocycles. The zero-order valence-corrected chi connectivity index (χ0v) is 55.6. The van der Waals surface area contributed by atoms with Crippen LogP contribution in [0.25, 0.3) is 16.9 Å². The van der Waals surface area contributed by atoms with E-state index in [2.05, 4.69) is 132 Å². The van der Waals surface area contributed by atoms with Gasteiger partial charge in [0.25, 0.3) is 0 Å². The van der Waals surface area contributed by atoms with Crippen molar-refractivity contribution < 1.29 is 21.2 Å². The van der Waals surface area contributed by atoms with Crippen molar-refractivity contribution in [3.63, 3.8) is 0 Å². The average Bonchev–Trinajstić information content (AvgIpc) is 3.69. The number of hydrogen-bond donors (Lipinski definition) is 0. The number of aryl methyl sites for hydroxylation is 4. The molecule has 2 nitrogen and oxygen atoms in total. The van der Waals surface area contributed by atoms with Crippen LogP contribution in [-0.2, 0) is 55.0 Å². The number of nitrogens with zero attached hydrogens (tertiary/aromatic N) is 2. The second-order valence-electron chi connectivity index (χ2n) is 25.3. The van der Waals surface area contributed by atoms with Gasteiger partial charge in [-0.3, -0.25) is 0 Å². The number of allylic oxidation sites excluding steroid dienone is 2. The van der Waals surface area contributed by atoms with Gasteiger partial charge in [-0.15, -0.1) is 0 Å². The van der Waals surface area contributed by atoms with E-state index in [9.17, 15) is 5.53 Å². The minimum absolute atomic E-state index is 0. The maximum Gasteiger partial charge on any atom is 2.00 e. The zero-order chi connectivity index (χ0) is 55.0. The Balaban J connectivity index is 0.00000277. The van der Waals surface area contributed by atoms with Crippen molar-refractivity contribution >= 4 is 27.5 Å². The third kappa shape index (κ3) is 33.0. The molecule has 1 aliphatic rings. The van der Waals surface area contributed by atoms with Crippen LogP contribution in [0.4, 0.5) is 0 Å². The van der Waals surface area contributed by atoms with Gasteiger partial charge in [-0.1, -0.05) is 248 Å². The van der Waals surface area contributed by atoms with E-state index in [-0.39, 0.29) is 16.5 Å². The van der Waals surface area contributed by atoms with E-state index in [1.807, 2.05) is 0 Å². The monoisotopic (exact) mass is 1110 g/mol. The van der Waals surface area contributed by atoms with Gasteiger partial charge in [-0.05, 0) is 135 Å². The normalized spacial score (nSPS) is 12.6. The van der Waals surface area contributed by atoms with Gasteiger partial charge in [0.15, 0.2) is 0 Å². The van der Waals surface area contributed by atoms with E-state index in [0.717, 1.165) is 56.3 Å². The summed E-state index contributed by atoms with van der Waals surface area (Å²) in [5.74, 6) is 0. The smallest absolute Gasteiger partial charge is 0.493 e. The predicted molar refractivity (Wildman–Crippen MR) is 343 cm³/mol. The molecular weight excluding hydrogens is 984 g/mol. The van der Waals surface area contributed by atoms with E-state index in [1.54, 1.807) is 38.1 Å². The van der Waals surface area contributed by atoms with E-state index in [4.69, 9.17) is 0 Å². The van der Waals surface area contributed by atoms with Gasteiger partial charge in [0.05, 0.1) is 0 Å². The van der Waals surface area contributed by atoms with Crippen LogP contribution in [0.1, 0.15) is 292 Å². The Hall–Kier alpha value is -1.55. The Bertz CT molecular complexity index is 1720. The first-order chi connectivity index (χ1) is 35.6. The van der Waals surface area contributed by atoms with Crippen LogP contribution in [0, 0.1) is 13.8 Å². The summed E-state index contributed by atoms with van der Waals surface area (Å²) in [7, 11) is -2.42. The summed E-state index contributed by atoms with van der Waals surface area (Å²) < 4.78 is 1.66. The summed E-state index contributed by atoms with van der Waals surface area (Å²) in [6.07, 6.45) is 49.2. The molecule has 434 valence electrons. The summed E-state index contributed by atoms with van der Waals surface area (Å²) in [5, 5.41) is 0. The van der Waals surface area contributed by atoms with Crippen LogP contribution in [0.5, 0.6) is 0 Å². The molecule has 0 spiro atoms. The second kappa shape index (κ2) is 45.2. The fourth-order valence-corrected chi connectivity index (χ4v) is 12.6. The number of benzene rings is 2. The molecule has 0 aliphatic carbocycles. The van der Waals surface area contributed by atoms with Gasteiger partial charge in [0.1, 0.15) is 0 Å². The zero-order valence-electron chi connectivity index (χ0n) is 52.6. The summed E-state index contributed by atoms with van der Waals surface area (Å²) in [4.78, 5) is 0. The second-order valence-corrected chi connectivity index (χ2v) is 36.5. The van der Waals surface area contributed by atoms with Crippen molar-refractivity contribution in [2.24, 2.45) is 0 Å². The molecule has 75 heavy (non-hydrogen) atoms. The number of hydrogen-bond acceptors (Lipinski definition) is 0. The van der Waals surface area contributed by atoms with Crippen LogP contribution in [0.3, 0.4) is 0 Å². The molecule has 0 N–H and O–H groups in total. The maximum atomic E-state index is 12.7. The molecule has 0 saturated carbocycles. The standard InChI is InChI=1S/C54H92N2Si2.2C8H17.Ni/c1-12-17-22-23-24-29-34-48-43-53(49-39-44(30-25-18-13-2)51(35-37-57(6,7)8)45(40-49)31-26-19-14-3)56(55)54(48)50-41-46(32-27-20-15-4)52(36-38-58(9,10)11)47(42-50)33-28-21-16-5;2*1-3-5-7-8-6-4-2;/h39-43H,12-38H2,1-11H3;2*1,3-8H2,2H3;/q;2*-1;+2. The fraction of sp³-hybridized carbons (Fsp3) is 0.743. The van der Waals surface area contributed by atoms with E-state index in [1.165, 1.54) is 221 Å². The van der Waals surface area contributed by atoms with Crippen LogP contribution < -0.4 is 0 Å². The molecule has 5 heteroatoms. The third-order valence-corrected chi connectivity index (χ3v) is 18.9. The van der Waals surface area contributed by atoms with Crippen molar-refractivity contribution in [3.05, 3.63) is 99.8 Å². The van der Waals surface area contributed by atoms with Gasteiger partial charge in [-0.25, -0.2) is 4.70 Å². The molecule has 0 atom stereocenters. The summed E-state index contributed by atoms with van der Waals surface area (Å²) in [6, 6.07) is 12.8. The predicted octanol–water partition coefficient (Wildman–Crippen LogP) is 24.3. The third-order valence-electron chi connectivity index (χ3n) is 15.4. The molecule has 0 saturated heterocycles. The van der Waals surface area contributed by atoms with Crippen LogP contribution in [0.2, 0.25) is 51.4 Å². The molecule has 0 radical (unpaired) electrons. The molecule has 0 amide bonds. The molecule has 3 rings (SSSR count). The summed E-state index contributed by atoms with van der Waals surface area (Å²) >= 11 is 0. The molecule has 0 unspecified atom stereocenters. The van der Waals surface area contributed by atoms with E-state index < -0.39 is 16.1 Å². The topological polar surface area (TPSA) is 25.3 Å². The fourth-order valence-electron chi connectivity index (χ4n) is 10.6. The van der Waals surface area contributed by atoms with Gasteiger partial charge < -0.3 is 19.4 Å². The van der Waals surface area contributed by atoms with E-state index >= 15 is 0 Å². The molecule has 0 fully saturated rings. The summed E-state index contributed by atoms with van der Waals surface area (Å²) in [6.45, 7) is 38.9. The average molecular weight is 1110 g/mol. The first kappa shape index (κ1) is 73.4. The number of unbranched alkanes of at least 4 members (excludes halogenated alkanes) is 23. The van der Waals surface area contributed by atoms with Crippen LogP contribution in [0.15, 0.2) is 35.9 Å². The Morgan fingerprint density at radius 2 is 0.653 bits per heavy atom. The van der Waals surface area contributed by atoms with E-state index in [0.29, 0.717) is 0 Å². The Labute approximate surface area is 483 Å². The van der Waals surface area contributed by atoms with Crippen molar-refractivity contribution in [3.8, 4) is 0 Å². The van der Waals surface area contributed by atoms with Crippen LogP contribution >= 0.6 is 0 Å².